The number of rotatable bonds is 5. The van der Waals surface area contributed by atoms with Gasteiger partial charge >= 0.3 is 0 Å². The van der Waals surface area contributed by atoms with Crippen LogP contribution in [0.2, 0.25) is 0 Å². The van der Waals surface area contributed by atoms with E-state index in [2.05, 4.69) is 15.3 Å². The zero-order valence-corrected chi connectivity index (χ0v) is 14.3. The van der Waals surface area contributed by atoms with Crippen LogP contribution in [0.5, 0.6) is 0 Å². The second kappa shape index (κ2) is 7.86. The lowest BCUT2D eigenvalue weighted by atomic mass is 10.2. The smallest absolute Gasteiger partial charge is 0.258 e. The second-order valence-electron chi connectivity index (χ2n) is 5.79. The number of carbonyl (C=O) groups is 1. The molecule has 0 bridgehead atoms. The normalized spacial score (nSPS) is 10.5. The van der Waals surface area contributed by atoms with Gasteiger partial charge in [-0.05, 0) is 17.7 Å². The molecular formula is C19H15F3N4O. The van der Waals surface area contributed by atoms with Crippen LogP contribution in [0.3, 0.4) is 0 Å². The van der Waals surface area contributed by atoms with E-state index >= 15 is 0 Å². The highest BCUT2D eigenvalue weighted by molar-refractivity contribution is 6.03. The molecule has 2 aromatic carbocycles. The fourth-order valence-electron chi connectivity index (χ4n) is 2.38. The molecule has 27 heavy (non-hydrogen) atoms. The lowest BCUT2D eigenvalue weighted by Crippen LogP contribution is -2.20. The minimum absolute atomic E-state index is 0.0518. The third-order valence-corrected chi connectivity index (χ3v) is 3.79. The Morgan fingerprint density at radius 1 is 1.00 bits per heavy atom. The van der Waals surface area contributed by atoms with Crippen molar-refractivity contribution in [3.8, 4) is 0 Å². The standard InChI is InChI=1S/C19H15F3N4O/c1-26(11-12-5-3-2-4-6-12)19-23-9-13(10-24-19)18(27)25-15-8-7-14(20)16(21)17(15)22/h2-10H,11H2,1H3,(H,25,27). The van der Waals surface area contributed by atoms with Crippen molar-refractivity contribution >= 4 is 17.5 Å². The topological polar surface area (TPSA) is 58.1 Å². The van der Waals surface area contributed by atoms with Crippen LogP contribution in [-0.2, 0) is 6.54 Å². The summed E-state index contributed by atoms with van der Waals surface area (Å²) in [4.78, 5) is 22.2. The maximum Gasteiger partial charge on any atom is 0.258 e. The monoisotopic (exact) mass is 372 g/mol. The minimum Gasteiger partial charge on any atom is -0.340 e. The van der Waals surface area contributed by atoms with E-state index in [0.29, 0.717) is 12.5 Å². The highest BCUT2D eigenvalue weighted by atomic mass is 19.2. The van der Waals surface area contributed by atoms with E-state index in [1.165, 1.54) is 12.4 Å². The van der Waals surface area contributed by atoms with Gasteiger partial charge in [-0.25, -0.2) is 23.1 Å². The van der Waals surface area contributed by atoms with Crippen LogP contribution >= 0.6 is 0 Å². The number of halogens is 3. The van der Waals surface area contributed by atoms with E-state index in [-0.39, 0.29) is 5.56 Å². The van der Waals surface area contributed by atoms with Crippen LogP contribution < -0.4 is 10.2 Å². The van der Waals surface area contributed by atoms with Crippen LogP contribution in [0.25, 0.3) is 0 Å². The van der Waals surface area contributed by atoms with E-state index in [4.69, 9.17) is 0 Å². The fourth-order valence-corrected chi connectivity index (χ4v) is 2.38. The van der Waals surface area contributed by atoms with Crippen LogP contribution in [0.1, 0.15) is 15.9 Å². The summed E-state index contributed by atoms with van der Waals surface area (Å²) in [5.41, 5.74) is 0.652. The molecule has 0 atom stereocenters. The van der Waals surface area contributed by atoms with E-state index in [9.17, 15) is 18.0 Å². The molecule has 1 amide bonds. The molecular weight excluding hydrogens is 357 g/mol. The van der Waals surface area contributed by atoms with Gasteiger partial charge in [0.1, 0.15) is 0 Å². The Labute approximate surface area is 153 Å². The molecule has 0 aliphatic carbocycles. The highest BCUT2D eigenvalue weighted by Gasteiger charge is 2.16. The van der Waals surface area contributed by atoms with Crippen LogP contribution in [0, 0.1) is 17.5 Å². The van der Waals surface area contributed by atoms with Gasteiger partial charge in [0.2, 0.25) is 5.95 Å². The third kappa shape index (κ3) is 4.22. The average molecular weight is 372 g/mol. The van der Waals surface area contributed by atoms with Crippen LogP contribution in [0.4, 0.5) is 24.8 Å². The Balaban J connectivity index is 1.69. The first-order valence-electron chi connectivity index (χ1n) is 7.97. The van der Waals surface area contributed by atoms with Gasteiger partial charge in [-0.15, -0.1) is 0 Å². The lowest BCUT2D eigenvalue weighted by molar-refractivity contribution is 0.102. The zero-order chi connectivity index (χ0) is 19.4. The number of carbonyl (C=O) groups excluding carboxylic acids is 1. The number of anilines is 2. The van der Waals surface area contributed by atoms with Crippen molar-refractivity contribution in [3.63, 3.8) is 0 Å². The molecule has 3 aromatic rings. The van der Waals surface area contributed by atoms with E-state index in [1.54, 1.807) is 11.9 Å². The number of hydrogen-bond acceptors (Lipinski definition) is 4. The van der Waals surface area contributed by atoms with Crippen molar-refractivity contribution in [1.82, 2.24) is 9.97 Å². The Bertz CT molecular complexity index is 949. The summed E-state index contributed by atoms with van der Waals surface area (Å²) in [5, 5.41) is 2.17. The molecule has 0 aliphatic rings. The summed E-state index contributed by atoms with van der Waals surface area (Å²) >= 11 is 0. The van der Waals surface area contributed by atoms with E-state index in [1.807, 2.05) is 30.3 Å². The maximum atomic E-state index is 13.6. The predicted molar refractivity (Wildman–Crippen MR) is 94.9 cm³/mol. The number of nitrogens with one attached hydrogen (secondary N) is 1. The molecule has 0 spiro atoms. The molecule has 0 fully saturated rings. The van der Waals surface area contributed by atoms with E-state index < -0.39 is 29.0 Å². The molecule has 0 aliphatic heterocycles. The first-order chi connectivity index (χ1) is 13.0. The van der Waals surface area contributed by atoms with Gasteiger partial charge in [0, 0.05) is 26.0 Å². The maximum absolute atomic E-state index is 13.6. The number of nitrogens with zero attached hydrogens (tertiary/aromatic N) is 3. The van der Waals surface area contributed by atoms with E-state index in [0.717, 1.165) is 17.7 Å². The number of aromatic nitrogens is 2. The molecule has 3 rings (SSSR count). The van der Waals surface area contributed by atoms with Crippen molar-refractivity contribution in [3.05, 3.63) is 83.4 Å². The first-order valence-corrected chi connectivity index (χ1v) is 7.97. The molecule has 138 valence electrons. The molecule has 0 saturated heterocycles. The number of amides is 1. The average Bonchev–Trinajstić information content (AvgIpc) is 2.69. The molecule has 5 nitrogen and oxygen atoms in total. The van der Waals surface area contributed by atoms with Gasteiger partial charge in [0.25, 0.3) is 5.91 Å². The second-order valence-corrected chi connectivity index (χ2v) is 5.79. The van der Waals surface area contributed by atoms with Crippen molar-refractivity contribution in [1.29, 1.82) is 0 Å². The van der Waals surface area contributed by atoms with Gasteiger partial charge in [-0.2, -0.15) is 0 Å². The fraction of sp³-hybridized carbons (Fsp3) is 0.105. The number of benzene rings is 2. The van der Waals surface area contributed by atoms with Gasteiger partial charge in [-0.1, -0.05) is 30.3 Å². The van der Waals surface area contributed by atoms with Crippen molar-refractivity contribution in [2.75, 3.05) is 17.3 Å². The van der Waals surface area contributed by atoms with Crippen molar-refractivity contribution in [2.24, 2.45) is 0 Å². The van der Waals surface area contributed by atoms with Gasteiger partial charge < -0.3 is 10.2 Å². The first kappa shape index (κ1) is 18.4. The molecule has 0 saturated carbocycles. The SMILES string of the molecule is CN(Cc1ccccc1)c1ncc(C(=O)Nc2ccc(F)c(F)c2F)cn1. The molecule has 1 N–H and O–H groups in total. The van der Waals surface area contributed by atoms with Crippen LogP contribution in [0.15, 0.2) is 54.9 Å². The lowest BCUT2D eigenvalue weighted by Gasteiger charge is -2.17. The summed E-state index contributed by atoms with van der Waals surface area (Å²) in [6.07, 6.45) is 2.55. The predicted octanol–water partition coefficient (Wildman–Crippen LogP) is 3.78. The Morgan fingerprint density at radius 2 is 1.67 bits per heavy atom. The molecule has 0 radical (unpaired) electrons. The third-order valence-electron chi connectivity index (χ3n) is 3.79. The number of hydrogen-bond donors (Lipinski definition) is 1. The van der Waals surface area contributed by atoms with Crippen LogP contribution in [-0.4, -0.2) is 22.9 Å². The Kier molecular flexibility index (Phi) is 5.35. The summed E-state index contributed by atoms with van der Waals surface area (Å²) in [7, 11) is 1.80. The summed E-state index contributed by atoms with van der Waals surface area (Å²) in [6.45, 7) is 0.576. The summed E-state index contributed by atoms with van der Waals surface area (Å²) in [5.74, 6) is -4.79. The van der Waals surface area contributed by atoms with Crippen molar-refractivity contribution < 1.29 is 18.0 Å². The Morgan fingerprint density at radius 3 is 2.33 bits per heavy atom. The van der Waals surface area contributed by atoms with Gasteiger partial charge in [-0.3, -0.25) is 4.79 Å². The summed E-state index contributed by atoms with van der Waals surface area (Å²) in [6, 6.07) is 11.4. The van der Waals surface area contributed by atoms with Gasteiger partial charge in [0.05, 0.1) is 11.3 Å². The molecule has 0 unspecified atom stereocenters. The molecule has 1 aromatic heterocycles. The largest absolute Gasteiger partial charge is 0.340 e. The molecule has 8 heteroatoms. The minimum atomic E-state index is -1.65. The summed E-state index contributed by atoms with van der Waals surface area (Å²) < 4.78 is 39.8. The quantitative estimate of drug-likeness (QED) is 0.693. The molecule has 1 heterocycles. The van der Waals surface area contributed by atoms with Crippen molar-refractivity contribution in [2.45, 2.75) is 6.54 Å². The highest BCUT2D eigenvalue weighted by Crippen LogP contribution is 2.20. The Hall–Kier alpha value is -3.42. The van der Waals surface area contributed by atoms with Gasteiger partial charge in [0.15, 0.2) is 17.5 Å². The zero-order valence-electron chi connectivity index (χ0n) is 14.3.